The zero-order chi connectivity index (χ0) is 22.5. The van der Waals surface area contributed by atoms with Crippen molar-refractivity contribution in [3.63, 3.8) is 0 Å². The second kappa shape index (κ2) is 9.88. The number of amides is 1. The van der Waals surface area contributed by atoms with Crippen LogP contribution in [0.15, 0.2) is 82.7 Å². The summed E-state index contributed by atoms with van der Waals surface area (Å²) in [5.41, 5.74) is 5.21. The van der Waals surface area contributed by atoms with E-state index in [1.54, 1.807) is 12.0 Å². The number of hydrogen-bond donors (Lipinski definition) is 0. The number of aliphatic imine (C=N–C) groups is 1. The highest BCUT2D eigenvalue weighted by Crippen LogP contribution is 2.35. The number of nitrogens with zero attached hydrogens (tertiary/aromatic N) is 2. The number of carbonyl (C=O) groups excluding carboxylic acids is 1. The lowest BCUT2D eigenvalue weighted by Gasteiger charge is -2.15. The van der Waals surface area contributed by atoms with Gasteiger partial charge in [-0.1, -0.05) is 60.2 Å². The summed E-state index contributed by atoms with van der Waals surface area (Å²) in [6.07, 6.45) is 2.69. The molecule has 1 aliphatic rings. The Labute approximate surface area is 193 Å². The predicted octanol–water partition coefficient (Wildman–Crippen LogP) is 6.16. The molecule has 0 N–H and O–H groups in total. The molecule has 4 nitrogen and oxygen atoms in total. The third-order valence-corrected chi connectivity index (χ3v) is 6.35. The quantitative estimate of drug-likeness (QED) is 0.430. The number of benzene rings is 3. The standard InChI is InChI=1S/C27H26N2O2S/c1-19-9-13-23(14-10-19)28-27-29(16-15-21-7-5-4-6-8-21)26(30)25(32-27)18-22-12-11-20(2)24(17-22)31-3/h4-14,17-18H,15-16H2,1-3H3/b25-18+,28-27?. The lowest BCUT2D eigenvalue weighted by Crippen LogP contribution is -2.31. The molecule has 1 saturated heterocycles. The molecule has 3 aromatic rings. The van der Waals surface area contributed by atoms with Crippen molar-refractivity contribution in [2.75, 3.05) is 13.7 Å². The minimum absolute atomic E-state index is 0.0173. The molecule has 0 radical (unpaired) electrons. The van der Waals surface area contributed by atoms with E-state index in [2.05, 4.69) is 12.1 Å². The molecule has 0 aliphatic carbocycles. The van der Waals surface area contributed by atoms with Crippen molar-refractivity contribution in [3.8, 4) is 5.75 Å². The van der Waals surface area contributed by atoms with Crippen LogP contribution in [-0.2, 0) is 11.2 Å². The fraction of sp³-hybridized carbons (Fsp3) is 0.185. The van der Waals surface area contributed by atoms with Gasteiger partial charge in [0, 0.05) is 6.54 Å². The van der Waals surface area contributed by atoms with E-state index in [0.29, 0.717) is 16.6 Å². The second-order valence-electron chi connectivity index (χ2n) is 7.76. The van der Waals surface area contributed by atoms with Gasteiger partial charge in [0.05, 0.1) is 17.7 Å². The van der Waals surface area contributed by atoms with Gasteiger partial charge < -0.3 is 4.74 Å². The fourth-order valence-electron chi connectivity index (χ4n) is 3.48. The van der Waals surface area contributed by atoms with Gasteiger partial charge in [-0.15, -0.1) is 0 Å². The third kappa shape index (κ3) is 5.11. The highest BCUT2D eigenvalue weighted by Gasteiger charge is 2.33. The highest BCUT2D eigenvalue weighted by atomic mass is 32.2. The summed E-state index contributed by atoms with van der Waals surface area (Å²) in [5.74, 6) is 0.792. The van der Waals surface area contributed by atoms with E-state index in [4.69, 9.17) is 9.73 Å². The minimum Gasteiger partial charge on any atom is -0.496 e. The Hall–Kier alpha value is -3.31. The number of rotatable bonds is 6. The molecule has 1 aliphatic heterocycles. The Morgan fingerprint density at radius 1 is 1.00 bits per heavy atom. The first-order valence-corrected chi connectivity index (χ1v) is 11.4. The zero-order valence-corrected chi connectivity index (χ0v) is 19.4. The Morgan fingerprint density at radius 2 is 1.75 bits per heavy atom. The van der Waals surface area contributed by atoms with Gasteiger partial charge in [0.25, 0.3) is 5.91 Å². The summed E-state index contributed by atoms with van der Waals surface area (Å²) in [6.45, 7) is 4.63. The molecule has 1 fully saturated rings. The first-order valence-electron chi connectivity index (χ1n) is 10.6. The van der Waals surface area contributed by atoms with Crippen LogP contribution < -0.4 is 4.74 Å². The molecule has 0 atom stereocenters. The molecule has 32 heavy (non-hydrogen) atoms. The molecule has 162 valence electrons. The predicted molar refractivity (Wildman–Crippen MR) is 133 cm³/mol. The first kappa shape index (κ1) is 21.9. The van der Waals surface area contributed by atoms with Gasteiger partial charge in [-0.05, 0) is 73.0 Å². The van der Waals surface area contributed by atoms with Crippen LogP contribution in [0, 0.1) is 13.8 Å². The van der Waals surface area contributed by atoms with E-state index < -0.39 is 0 Å². The van der Waals surface area contributed by atoms with E-state index in [0.717, 1.165) is 29.0 Å². The summed E-state index contributed by atoms with van der Waals surface area (Å²) in [5, 5.41) is 0.708. The van der Waals surface area contributed by atoms with E-state index in [-0.39, 0.29) is 5.91 Å². The van der Waals surface area contributed by atoms with Crippen LogP contribution in [0.4, 0.5) is 5.69 Å². The van der Waals surface area contributed by atoms with Crippen molar-refractivity contribution >= 4 is 34.6 Å². The van der Waals surface area contributed by atoms with Crippen LogP contribution in [0.25, 0.3) is 6.08 Å². The lowest BCUT2D eigenvalue weighted by atomic mass is 10.1. The van der Waals surface area contributed by atoms with Crippen molar-refractivity contribution in [1.29, 1.82) is 0 Å². The average molecular weight is 443 g/mol. The maximum atomic E-state index is 13.3. The Bertz CT molecular complexity index is 1170. The van der Waals surface area contributed by atoms with Crippen molar-refractivity contribution in [1.82, 2.24) is 4.90 Å². The molecule has 0 aromatic heterocycles. The van der Waals surface area contributed by atoms with E-state index >= 15 is 0 Å². The highest BCUT2D eigenvalue weighted by molar-refractivity contribution is 8.18. The monoisotopic (exact) mass is 442 g/mol. The maximum absolute atomic E-state index is 13.3. The van der Waals surface area contributed by atoms with Crippen LogP contribution in [0.1, 0.15) is 22.3 Å². The maximum Gasteiger partial charge on any atom is 0.266 e. The summed E-state index contributed by atoms with van der Waals surface area (Å²) in [4.78, 5) is 20.6. The van der Waals surface area contributed by atoms with Gasteiger partial charge in [-0.2, -0.15) is 0 Å². The van der Waals surface area contributed by atoms with Gasteiger partial charge in [-0.3, -0.25) is 9.69 Å². The number of thioether (sulfide) groups is 1. The van der Waals surface area contributed by atoms with Crippen LogP contribution in [-0.4, -0.2) is 29.6 Å². The molecular weight excluding hydrogens is 416 g/mol. The number of carbonyl (C=O) groups is 1. The fourth-order valence-corrected chi connectivity index (χ4v) is 4.51. The number of amidine groups is 1. The molecule has 4 rings (SSSR count). The molecule has 0 saturated carbocycles. The van der Waals surface area contributed by atoms with E-state index in [1.165, 1.54) is 22.9 Å². The van der Waals surface area contributed by atoms with Crippen LogP contribution in [0.5, 0.6) is 5.75 Å². The second-order valence-corrected chi connectivity index (χ2v) is 8.77. The van der Waals surface area contributed by atoms with E-state index in [9.17, 15) is 4.79 Å². The Balaban J connectivity index is 1.64. The Kier molecular flexibility index (Phi) is 6.76. The van der Waals surface area contributed by atoms with Gasteiger partial charge in [0.15, 0.2) is 5.17 Å². The third-order valence-electron chi connectivity index (χ3n) is 5.34. The minimum atomic E-state index is -0.0173. The van der Waals surface area contributed by atoms with Crippen molar-refractivity contribution in [2.24, 2.45) is 4.99 Å². The molecular formula is C27H26N2O2S. The zero-order valence-electron chi connectivity index (χ0n) is 18.5. The number of aryl methyl sites for hydroxylation is 2. The van der Waals surface area contributed by atoms with Crippen LogP contribution >= 0.6 is 11.8 Å². The van der Waals surface area contributed by atoms with Gasteiger partial charge in [0.2, 0.25) is 0 Å². The summed E-state index contributed by atoms with van der Waals surface area (Å²) < 4.78 is 5.44. The molecule has 5 heteroatoms. The van der Waals surface area contributed by atoms with Crippen LogP contribution in [0.3, 0.4) is 0 Å². The number of hydrogen-bond acceptors (Lipinski definition) is 4. The van der Waals surface area contributed by atoms with Gasteiger partial charge >= 0.3 is 0 Å². The van der Waals surface area contributed by atoms with Gasteiger partial charge in [0.1, 0.15) is 5.75 Å². The van der Waals surface area contributed by atoms with Crippen molar-refractivity contribution in [2.45, 2.75) is 20.3 Å². The summed E-state index contributed by atoms with van der Waals surface area (Å²) in [7, 11) is 1.66. The summed E-state index contributed by atoms with van der Waals surface area (Å²) >= 11 is 1.42. The average Bonchev–Trinajstić information content (AvgIpc) is 3.09. The first-order chi connectivity index (χ1) is 15.5. The smallest absolute Gasteiger partial charge is 0.266 e. The van der Waals surface area contributed by atoms with Crippen LogP contribution in [0.2, 0.25) is 0 Å². The van der Waals surface area contributed by atoms with E-state index in [1.807, 2.05) is 80.6 Å². The summed E-state index contributed by atoms with van der Waals surface area (Å²) in [6, 6.07) is 24.2. The largest absolute Gasteiger partial charge is 0.496 e. The Morgan fingerprint density at radius 3 is 2.47 bits per heavy atom. The number of ether oxygens (including phenoxy) is 1. The van der Waals surface area contributed by atoms with Crippen molar-refractivity contribution in [3.05, 3.63) is 100.0 Å². The molecule has 0 spiro atoms. The van der Waals surface area contributed by atoms with Crippen molar-refractivity contribution < 1.29 is 9.53 Å². The molecule has 0 unspecified atom stereocenters. The molecule has 1 amide bonds. The topological polar surface area (TPSA) is 41.9 Å². The SMILES string of the molecule is COc1cc(/C=C2/SC(=Nc3ccc(C)cc3)N(CCc3ccccc3)C2=O)ccc1C. The normalized spacial score (nSPS) is 16.2. The number of methoxy groups -OCH3 is 1. The van der Waals surface area contributed by atoms with Gasteiger partial charge in [-0.25, -0.2) is 4.99 Å². The lowest BCUT2D eigenvalue weighted by molar-refractivity contribution is -0.122. The molecule has 1 heterocycles. The molecule has 3 aromatic carbocycles. The molecule has 0 bridgehead atoms.